The van der Waals surface area contributed by atoms with Crippen molar-refractivity contribution in [2.75, 3.05) is 47.3 Å². The largest absolute Gasteiger partial charge is 0.496 e. The smallest absolute Gasteiger partial charge is 0.124 e. The molecule has 0 radical (unpaired) electrons. The van der Waals surface area contributed by atoms with E-state index in [1.54, 1.807) is 14.2 Å². The number of para-hydroxylation sites is 1. The first-order valence-electron chi connectivity index (χ1n) is 6.25. The van der Waals surface area contributed by atoms with Crippen LogP contribution in [-0.4, -0.2) is 52.4 Å². The summed E-state index contributed by atoms with van der Waals surface area (Å²) in [6, 6.07) is 7.35. The van der Waals surface area contributed by atoms with Crippen molar-refractivity contribution in [3.63, 3.8) is 0 Å². The average Bonchev–Trinajstić information content (AvgIpc) is 2.46. The van der Waals surface area contributed by atoms with E-state index in [1.807, 2.05) is 24.3 Å². The number of methoxy groups -OCH3 is 2. The summed E-state index contributed by atoms with van der Waals surface area (Å²) < 4.78 is 20.6. The first-order chi connectivity index (χ1) is 9.29. The highest BCUT2D eigenvalue weighted by atomic mass is 16.5. The fraction of sp³-hybridized carbons (Fsp3) is 0.571. The van der Waals surface area contributed by atoms with Crippen molar-refractivity contribution in [1.29, 1.82) is 0 Å². The van der Waals surface area contributed by atoms with Gasteiger partial charge in [0.2, 0.25) is 0 Å². The quantitative estimate of drug-likeness (QED) is 0.651. The molecule has 5 heteroatoms. The van der Waals surface area contributed by atoms with E-state index in [0.29, 0.717) is 32.2 Å². The first kappa shape index (κ1) is 15.9. The van der Waals surface area contributed by atoms with Crippen LogP contribution in [0, 0.1) is 0 Å². The number of benzene rings is 1. The molecular weight excluding hydrogens is 248 g/mol. The lowest BCUT2D eigenvalue weighted by atomic mass is 10.1. The monoisotopic (exact) mass is 270 g/mol. The number of aliphatic hydroxyl groups excluding tert-OH is 1. The predicted octanol–water partition coefficient (Wildman–Crippen LogP) is 1.41. The van der Waals surface area contributed by atoms with E-state index in [4.69, 9.17) is 18.9 Å². The Bertz CT molecular complexity index is 342. The summed E-state index contributed by atoms with van der Waals surface area (Å²) in [5, 5.41) is 10.0. The van der Waals surface area contributed by atoms with Crippen LogP contribution in [0.2, 0.25) is 0 Å². The van der Waals surface area contributed by atoms with Crippen LogP contribution in [0.4, 0.5) is 0 Å². The van der Waals surface area contributed by atoms with Crippen LogP contribution >= 0.6 is 0 Å². The Balaban J connectivity index is 2.22. The van der Waals surface area contributed by atoms with E-state index in [-0.39, 0.29) is 6.61 Å². The predicted molar refractivity (Wildman–Crippen MR) is 71.5 cm³/mol. The van der Waals surface area contributed by atoms with Crippen LogP contribution in [0.3, 0.4) is 0 Å². The first-order valence-corrected chi connectivity index (χ1v) is 6.25. The molecule has 0 fully saturated rings. The molecule has 0 aliphatic carbocycles. The Morgan fingerprint density at radius 2 is 1.68 bits per heavy atom. The molecule has 0 amide bonds. The molecular formula is C14H22O5. The third-order valence-electron chi connectivity index (χ3n) is 2.58. The molecule has 1 atom stereocenters. The second-order valence-electron chi connectivity index (χ2n) is 3.94. The van der Waals surface area contributed by atoms with Gasteiger partial charge in [0, 0.05) is 12.7 Å². The zero-order valence-corrected chi connectivity index (χ0v) is 11.5. The van der Waals surface area contributed by atoms with Gasteiger partial charge in [-0.3, -0.25) is 0 Å². The Morgan fingerprint density at radius 1 is 1.00 bits per heavy atom. The van der Waals surface area contributed by atoms with Gasteiger partial charge in [0.1, 0.15) is 11.9 Å². The summed E-state index contributed by atoms with van der Waals surface area (Å²) in [5.41, 5.74) is 0.727. The highest BCUT2D eigenvalue weighted by molar-refractivity contribution is 5.34. The summed E-state index contributed by atoms with van der Waals surface area (Å²) in [5.74, 6) is 0.662. The number of rotatable bonds is 10. The van der Waals surface area contributed by atoms with Crippen molar-refractivity contribution in [3.8, 4) is 5.75 Å². The van der Waals surface area contributed by atoms with Gasteiger partial charge in [0.15, 0.2) is 0 Å². The third kappa shape index (κ3) is 6.02. The van der Waals surface area contributed by atoms with Gasteiger partial charge in [-0.25, -0.2) is 0 Å². The minimum absolute atomic E-state index is 0.216. The van der Waals surface area contributed by atoms with E-state index in [0.717, 1.165) is 5.56 Å². The fourth-order valence-electron chi connectivity index (χ4n) is 1.59. The van der Waals surface area contributed by atoms with Crippen molar-refractivity contribution in [3.05, 3.63) is 29.8 Å². The van der Waals surface area contributed by atoms with Crippen LogP contribution in [0.1, 0.15) is 11.7 Å². The molecule has 1 N–H and O–H groups in total. The molecule has 0 aliphatic rings. The SMILES string of the molecule is COCCOCCOCC(O)c1ccccc1OC. The van der Waals surface area contributed by atoms with Crippen molar-refractivity contribution in [2.45, 2.75) is 6.10 Å². The lowest BCUT2D eigenvalue weighted by Gasteiger charge is -2.14. The molecule has 0 aliphatic heterocycles. The molecule has 1 unspecified atom stereocenters. The number of aliphatic hydroxyl groups is 1. The molecule has 1 rings (SSSR count). The molecule has 1 aromatic carbocycles. The Morgan fingerprint density at radius 3 is 2.42 bits per heavy atom. The summed E-state index contributed by atoms with van der Waals surface area (Å²) >= 11 is 0. The topological polar surface area (TPSA) is 57.2 Å². The van der Waals surface area contributed by atoms with Gasteiger partial charge in [-0.2, -0.15) is 0 Å². The van der Waals surface area contributed by atoms with Gasteiger partial charge in [-0.15, -0.1) is 0 Å². The van der Waals surface area contributed by atoms with Gasteiger partial charge >= 0.3 is 0 Å². The van der Waals surface area contributed by atoms with E-state index < -0.39 is 6.10 Å². The van der Waals surface area contributed by atoms with E-state index in [2.05, 4.69) is 0 Å². The lowest BCUT2D eigenvalue weighted by Crippen LogP contribution is -2.13. The molecule has 0 heterocycles. The molecule has 0 saturated carbocycles. The Kier molecular flexibility index (Phi) is 8.16. The van der Waals surface area contributed by atoms with Crippen molar-refractivity contribution in [2.24, 2.45) is 0 Å². The lowest BCUT2D eigenvalue weighted by molar-refractivity contribution is -0.00639. The maximum absolute atomic E-state index is 10.0. The normalized spacial score (nSPS) is 12.4. The molecule has 0 aromatic heterocycles. The number of hydrogen-bond donors (Lipinski definition) is 1. The number of ether oxygens (including phenoxy) is 4. The van der Waals surface area contributed by atoms with Gasteiger partial charge in [-0.1, -0.05) is 18.2 Å². The molecule has 5 nitrogen and oxygen atoms in total. The van der Waals surface area contributed by atoms with Crippen LogP contribution in [0.25, 0.3) is 0 Å². The summed E-state index contributed by atoms with van der Waals surface area (Å²) in [7, 11) is 3.21. The maximum Gasteiger partial charge on any atom is 0.124 e. The van der Waals surface area contributed by atoms with Gasteiger partial charge < -0.3 is 24.1 Å². The third-order valence-corrected chi connectivity index (χ3v) is 2.58. The summed E-state index contributed by atoms with van der Waals surface area (Å²) in [6.45, 7) is 2.27. The van der Waals surface area contributed by atoms with Crippen LogP contribution in [0.15, 0.2) is 24.3 Å². The van der Waals surface area contributed by atoms with Crippen molar-refractivity contribution < 1.29 is 24.1 Å². The van der Waals surface area contributed by atoms with Crippen LogP contribution in [-0.2, 0) is 14.2 Å². The van der Waals surface area contributed by atoms with Gasteiger partial charge in [-0.05, 0) is 6.07 Å². The molecule has 0 bridgehead atoms. The second kappa shape index (κ2) is 9.75. The Labute approximate surface area is 114 Å². The molecule has 19 heavy (non-hydrogen) atoms. The molecule has 108 valence electrons. The van der Waals surface area contributed by atoms with E-state index in [1.165, 1.54) is 0 Å². The van der Waals surface area contributed by atoms with Crippen molar-refractivity contribution in [1.82, 2.24) is 0 Å². The zero-order valence-electron chi connectivity index (χ0n) is 11.5. The summed E-state index contributed by atoms with van der Waals surface area (Å²) in [4.78, 5) is 0. The fourth-order valence-corrected chi connectivity index (χ4v) is 1.59. The van der Waals surface area contributed by atoms with E-state index in [9.17, 15) is 5.11 Å². The Hall–Kier alpha value is -1.14. The number of hydrogen-bond acceptors (Lipinski definition) is 5. The van der Waals surface area contributed by atoms with Gasteiger partial charge in [0.25, 0.3) is 0 Å². The highest BCUT2D eigenvalue weighted by Gasteiger charge is 2.12. The summed E-state index contributed by atoms with van der Waals surface area (Å²) in [6.07, 6.45) is -0.699. The minimum atomic E-state index is -0.699. The molecule has 1 aromatic rings. The van der Waals surface area contributed by atoms with Crippen molar-refractivity contribution >= 4 is 0 Å². The molecule has 0 saturated heterocycles. The second-order valence-corrected chi connectivity index (χ2v) is 3.94. The van der Waals surface area contributed by atoms with E-state index >= 15 is 0 Å². The van der Waals surface area contributed by atoms with Crippen LogP contribution in [0.5, 0.6) is 5.75 Å². The van der Waals surface area contributed by atoms with Gasteiger partial charge in [0.05, 0.1) is 40.1 Å². The maximum atomic E-state index is 10.0. The van der Waals surface area contributed by atoms with Crippen LogP contribution < -0.4 is 4.74 Å². The minimum Gasteiger partial charge on any atom is -0.496 e. The standard InChI is InChI=1S/C14H22O5/c1-16-7-8-18-9-10-19-11-13(15)12-5-3-4-6-14(12)17-2/h3-6,13,15H,7-11H2,1-2H3. The average molecular weight is 270 g/mol. The zero-order chi connectivity index (χ0) is 13.9. The highest BCUT2D eigenvalue weighted by Crippen LogP contribution is 2.24. The molecule has 0 spiro atoms.